The third kappa shape index (κ3) is 4.19. The number of benzene rings is 2. The highest BCUT2D eigenvalue weighted by molar-refractivity contribution is 7.90. The van der Waals surface area contributed by atoms with Crippen molar-refractivity contribution in [2.75, 3.05) is 0 Å². The first-order valence-corrected chi connectivity index (χ1v) is 13.3. The maximum atomic E-state index is 13.5. The van der Waals surface area contributed by atoms with E-state index >= 15 is 0 Å². The minimum Gasteiger partial charge on any atom is -0.251 e. The van der Waals surface area contributed by atoms with E-state index in [4.69, 9.17) is 4.98 Å². The van der Waals surface area contributed by atoms with Gasteiger partial charge in [0.15, 0.2) is 0 Å². The molecule has 0 aliphatic heterocycles. The van der Waals surface area contributed by atoms with Crippen LogP contribution in [0.25, 0.3) is 22.4 Å². The summed E-state index contributed by atoms with van der Waals surface area (Å²) in [6.07, 6.45) is 2.35. The molecule has 1 N–H and O–H groups in total. The largest absolute Gasteiger partial charge is 0.268 e. The second-order valence-corrected chi connectivity index (χ2v) is 11.3. The van der Waals surface area contributed by atoms with Crippen LogP contribution in [0.2, 0.25) is 0 Å². The first-order chi connectivity index (χ1) is 17.1. The molecule has 3 heterocycles. The Bertz CT molecular complexity index is 1640. The molecule has 3 aromatic heterocycles. The van der Waals surface area contributed by atoms with Gasteiger partial charge in [0.25, 0.3) is 10.0 Å². The number of nitrogens with one attached hydrogen (secondary N) is 1. The van der Waals surface area contributed by atoms with E-state index in [9.17, 15) is 8.42 Å². The lowest BCUT2D eigenvalue weighted by Crippen LogP contribution is -2.12. The summed E-state index contributed by atoms with van der Waals surface area (Å²) in [6, 6.07) is 14.8. The summed E-state index contributed by atoms with van der Waals surface area (Å²) in [6.45, 7) is 10.2. The van der Waals surface area contributed by atoms with Crippen molar-refractivity contribution in [3.8, 4) is 11.4 Å². The number of H-pyrrole nitrogens is 1. The van der Waals surface area contributed by atoms with Crippen LogP contribution in [0.4, 0.5) is 0 Å². The zero-order valence-electron chi connectivity index (χ0n) is 20.9. The molecule has 0 radical (unpaired) electrons. The first kappa shape index (κ1) is 23.9. The van der Waals surface area contributed by atoms with Crippen molar-refractivity contribution in [1.82, 2.24) is 29.6 Å². The van der Waals surface area contributed by atoms with E-state index in [1.54, 1.807) is 18.3 Å². The SMILES string of the molecule is Cc1ccc(S(=O)(=O)n2cc(C(C)C)c3nc(Cc4c(C)cc(-c5nn[nH]n5)cc4C)ccc32)cc1. The van der Waals surface area contributed by atoms with Gasteiger partial charge in [0.2, 0.25) is 5.82 Å². The van der Waals surface area contributed by atoms with Crippen molar-refractivity contribution in [1.29, 1.82) is 0 Å². The maximum Gasteiger partial charge on any atom is 0.268 e. The fourth-order valence-electron chi connectivity index (χ4n) is 4.55. The third-order valence-corrected chi connectivity index (χ3v) is 8.24. The van der Waals surface area contributed by atoms with Crippen LogP contribution in [0, 0.1) is 20.8 Å². The number of hydrogen-bond acceptors (Lipinski definition) is 6. The molecule has 0 fully saturated rings. The molecule has 5 aromatic rings. The monoisotopic (exact) mass is 500 g/mol. The normalized spacial score (nSPS) is 12.1. The molecule has 2 aromatic carbocycles. The third-order valence-electron chi connectivity index (χ3n) is 6.56. The van der Waals surface area contributed by atoms with E-state index in [1.807, 2.05) is 31.2 Å². The molecule has 0 amide bonds. The molecule has 0 atom stereocenters. The predicted molar refractivity (Wildman–Crippen MR) is 139 cm³/mol. The smallest absolute Gasteiger partial charge is 0.251 e. The van der Waals surface area contributed by atoms with Crippen molar-refractivity contribution < 1.29 is 8.42 Å². The van der Waals surface area contributed by atoms with Crippen LogP contribution in [0.5, 0.6) is 0 Å². The molecule has 0 unspecified atom stereocenters. The van der Waals surface area contributed by atoms with Crippen molar-refractivity contribution >= 4 is 21.1 Å². The average molecular weight is 501 g/mol. The number of aryl methyl sites for hydroxylation is 3. The molecule has 0 saturated carbocycles. The Balaban J connectivity index is 1.57. The Kier molecular flexibility index (Phi) is 5.96. The van der Waals surface area contributed by atoms with Gasteiger partial charge < -0.3 is 0 Å². The summed E-state index contributed by atoms with van der Waals surface area (Å²) < 4.78 is 28.4. The van der Waals surface area contributed by atoms with Gasteiger partial charge in [-0.05, 0) is 90.6 Å². The van der Waals surface area contributed by atoms with E-state index in [-0.39, 0.29) is 10.8 Å². The maximum absolute atomic E-state index is 13.5. The van der Waals surface area contributed by atoms with Crippen LogP contribution in [0.1, 0.15) is 53.3 Å². The number of nitrogens with zero attached hydrogens (tertiary/aromatic N) is 5. The van der Waals surface area contributed by atoms with Gasteiger partial charge in [-0.2, -0.15) is 5.21 Å². The van der Waals surface area contributed by atoms with Gasteiger partial charge in [0.1, 0.15) is 0 Å². The highest BCUT2D eigenvalue weighted by Gasteiger charge is 2.23. The number of tetrazole rings is 1. The van der Waals surface area contributed by atoms with Gasteiger partial charge >= 0.3 is 0 Å². The lowest BCUT2D eigenvalue weighted by molar-refractivity contribution is 0.589. The van der Waals surface area contributed by atoms with Crippen LogP contribution >= 0.6 is 0 Å². The fraction of sp³-hybridized carbons (Fsp3) is 0.259. The Morgan fingerprint density at radius 1 is 0.972 bits per heavy atom. The van der Waals surface area contributed by atoms with Crippen molar-refractivity contribution in [3.05, 3.63) is 88.2 Å². The lowest BCUT2D eigenvalue weighted by Gasteiger charge is -2.12. The standard InChI is InChI=1S/C27H28N6O2S/c1-16(2)24-15-33(36(34,35)22-9-6-17(3)7-10-22)25-11-8-21(28-26(24)25)14-23-18(4)12-20(13-19(23)5)27-29-31-32-30-27/h6-13,15-16H,14H2,1-5H3,(H,29,30,31,32). The quantitative estimate of drug-likeness (QED) is 0.348. The predicted octanol–water partition coefficient (Wildman–Crippen LogP) is 5.09. The number of aromatic amines is 1. The number of aromatic nitrogens is 6. The van der Waals surface area contributed by atoms with E-state index in [2.05, 4.69) is 60.5 Å². The van der Waals surface area contributed by atoms with Crippen LogP contribution in [0.15, 0.2) is 59.6 Å². The molecule has 0 spiro atoms. The van der Waals surface area contributed by atoms with E-state index < -0.39 is 10.0 Å². The second kappa shape index (κ2) is 8.98. The lowest BCUT2D eigenvalue weighted by atomic mass is 9.95. The first-order valence-electron chi connectivity index (χ1n) is 11.8. The summed E-state index contributed by atoms with van der Waals surface area (Å²) in [5.74, 6) is 0.674. The molecule has 9 heteroatoms. The molecule has 184 valence electrons. The number of hydrogen-bond donors (Lipinski definition) is 1. The molecular weight excluding hydrogens is 472 g/mol. The number of pyridine rings is 1. The Morgan fingerprint density at radius 3 is 2.28 bits per heavy atom. The average Bonchev–Trinajstić information content (AvgIpc) is 3.50. The van der Waals surface area contributed by atoms with Gasteiger partial charge in [-0.15, -0.1) is 10.2 Å². The Morgan fingerprint density at radius 2 is 1.67 bits per heavy atom. The van der Waals surface area contributed by atoms with E-state index in [1.165, 1.54) is 9.54 Å². The van der Waals surface area contributed by atoms with Gasteiger partial charge in [-0.3, -0.25) is 4.98 Å². The summed E-state index contributed by atoms with van der Waals surface area (Å²) in [5, 5.41) is 14.3. The fourth-order valence-corrected chi connectivity index (χ4v) is 5.92. The Labute approximate surface area is 210 Å². The summed E-state index contributed by atoms with van der Waals surface area (Å²) in [7, 11) is -3.75. The Hall–Kier alpha value is -3.85. The second-order valence-electron chi connectivity index (χ2n) is 9.52. The zero-order valence-corrected chi connectivity index (χ0v) is 21.8. The van der Waals surface area contributed by atoms with Crippen LogP contribution in [-0.2, 0) is 16.4 Å². The molecule has 0 bridgehead atoms. The summed E-state index contributed by atoms with van der Waals surface area (Å²) in [5.41, 5.74) is 8.41. The molecular formula is C27H28N6O2S. The highest BCUT2D eigenvalue weighted by Crippen LogP contribution is 2.31. The highest BCUT2D eigenvalue weighted by atomic mass is 32.2. The zero-order chi connectivity index (χ0) is 25.6. The molecule has 5 rings (SSSR count). The van der Waals surface area contributed by atoms with Crippen LogP contribution < -0.4 is 0 Å². The van der Waals surface area contributed by atoms with E-state index in [0.29, 0.717) is 17.8 Å². The van der Waals surface area contributed by atoms with Gasteiger partial charge in [0, 0.05) is 23.9 Å². The number of rotatable bonds is 6. The van der Waals surface area contributed by atoms with Crippen molar-refractivity contribution in [2.45, 2.75) is 51.9 Å². The van der Waals surface area contributed by atoms with Gasteiger partial charge in [-0.25, -0.2) is 12.4 Å². The minimum atomic E-state index is -3.75. The van der Waals surface area contributed by atoms with Crippen molar-refractivity contribution in [2.24, 2.45) is 0 Å². The summed E-state index contributed by atoms with van der Waals surface area (Å²) >= 11 is 0. The summed E-state index contributed by atoms with van der Waals surface area (Å²) in [4.78, 5) is 5.22. The molecule has 0 saturated heterocycles. The molecule has 0 aliphatic carbocycles. The minimum absolute atomic E-state index is 0.113. The van der Waals surface area contributed by atoms with Crippen LogP contribution in [-0.4, -0.2) is 38.0 Å². The van der Waals surface area contributed by atoms with Gasteiger partial charge in [0.05, 0.1) is 15.9 Å². The van der Waals surface area contributed by atoms with Crippen molar-refractivity contribution in [3.63, 3.8) is 0 Å². The molecule has 36 heavy (non-hydrogen) atoms. The van der Waals surface area contributed by atoms with Gasteiger partial charge in [-0.1, -0.05) is 31.5 Å². The van der Waals surface area contributed by atoms with Crippen LogP contribution in [0.3, 0.4) is 0 Å². The number of fused-ring (bicyclic) bond motifs is 1. The van der Waals surface area contributed by atoms with E-state index in [0.717, 1.165) is 39.0 Å². The molecule has 0 aliphatic rings. The molecule has 8 nitrogen and oxygen atoms in total. The topological polar surface area (TPSA) is 106 Å².